The summed E-state index contributed by atoms with van der Waals surface area (Å²) in [4.78, 5) is 36.9. The van der Waals surface area contributed by atoms with E-state index in [1.54, 1.807) is 36.4 Å². The molecular weight excluding hydrogens is 382 g/mol. The number of hydrogen-bond donors (Lipinski definition) is 1. The maximum atomic E-state index is 12.6. The lowest BCUT2D eigenvalue weighted by Crippen LogP contribution is -2.42. The second-order valence-electron chi connectivity index (χ2n) is 7.73. The van der Waals surface area contributed by atoms with Gasteiger partial charge in [0, 0.05) is 17.2 Å². The summed E-state index contributed by atoms with van der Waals surface area (Å²) in [6.45, 7) is 5.85. The fourth-order valence-corrected chi connectivity index (χ4v) is 3.27. The van der Waals surface area contributed by atoms with E-state index >= 15 is 0 Å². The minimum absolute atomic E-state index is 0.119. The van der Waals surface area contributed by atoms with Gasteiger partial charge in [0.05, 0.1) is 12.5 Å². The molecule has 0 fully saturated rings. The lowest BCUT2D eigenvalue weighted by Gasteiger charge is -2.18. The predicted molar refractivity (Wildman–Crippen MR) is 115 cm³/mol. The van der Waals surface area contributed by atoms with E-state index in [-0.39, 0.29) is 17.3 Å². The largest absolute Gasteiger partial charge is 0.467 e. The first-order chi connectivity index (χ1) is 14.3. The number of carbonyl (C=O) groups excluding carboxylic acids is 2. The third-order valence-corrected chi connectivity index (χ3v) is 4.81. The van der Waals surface area contributed by atoms with Crippen LogP contribution in [0.5, 0.6) is 0 Å². The summed E-state index contributed by atoms with van der Waals surface area (Å²) in [6.07, 6.45) is 0.484. The topological polar surface area (TPSA) is 85.6 Å². The lowest BCUT2D eigenvalue weighted by molar-refractivity contribution is -0.143. The molecule has 0 saturated carbocycles. The fraction of sp³-hybridized carbons (Fsp3) is 0.292. The van der Waals surface area contributed by atoms with Crippen LogP contribution in [-0.2, 0) is 9.53 Å². The van der Waals surface area contributed by atoms with Gasteiger partial charge in [-0.3, -0.25) is 9.59 Å². The van der Waals surface area contributed by atoms with Gasteiger partial charge in [0.1, 0.15) is 17.4 Å². The van der Waals surface area contributed by atoms with Crippen LogP contribution < -0.4 is 10.7 Å². The first-order valence-corrected chi connectivity index (χ1v) is 9.82. The Balaban J connectivity index is 1.83. The average molecular weight is 407 g/mol. The number of ether oxygens (including phenoxy) is 1. The Kier molecular flexibility index (Phi) is 6.35. The van der Waals surface area contributed by atoms with Crippen LogP contribution in [-0.4, -0.2) is 25.0 Å². The number of fused-ring (bicyclic) bond motifs is 1. The molecule has 0 radical (unpaired) electrons. The predicted octanol–water partition coefficient (Wildman–Crippen LogP) is 4.09. The quantitative estimate of drug-likeness (QED) is 0.622. The molecule has 2 aromatic carbocycles. The average Bonchev–Trinajstić information content (AvgIpc) is 2.72. The molecule has 3 aromatic rings. The van der Waals surface area contributed by atoms with Gasteiger partial charge in [0.2, 0.25) is 0 Å². The fourth-order valence-electron chi connectivity index (χ4n) is 3.27. The maximum absolute atomic E-state index is 12.6. The zero-order chi connectivity index (χ0) is 21.8. The molecule has 0 aliphatic rings. The van der Waals surface area contributed by atoms with Crippen LogP contribution in [0.25, 0.3) is 22.3 Å². The van der Waals surface area contributed by atoms with Gasteiger partial charge in [-0.25, -0.2) is 4.79 Å². The number of amides is 1. The third kappa shape index (κ3) is 4.76. The number of carbonyl (C=O) groups is 2. The van der Waals surface area contributed by atoms with Crippen LogP contribution in [0.3, 0.4) is 0 Å². The maximum Gasteiger partial charge on any atom is 0.328 e. The summed E-state index contributed by atoms with van der Waals surface area (Å²) in [5.41, 5.74) is 2.46. The van der Waals surface area contributed by atoms with Crippen molar-refractivity contribution in [3.05, 3.63) is 69.9 Å². The summed E-state index contributed by atoms with van der Waals surface area (Å²) < 4.78 is 10.7. The van der Waals surface area contributed by atoms with Gasteiger partial charge in [-0.1, -0.05) is 37.6 Å². The molecule has 1 aromatic heterocycles. The van der Waals surface area contributed by atoms with Crippen molar-refractivity contribution in [1.82, 2.24) is 5.32 Å². The lowest BCUT2D eigenvalue weighted by atomic mass is 10.0. The third-order valence-electron chi connectivity index (χ3n) is 4.81. The molecule has 30 heavy (non-hydrogen) atoms. The second-order valence-corrected chi connectivity index (χ2v) is 7.73. The van der Waals surface area contributed by atoms with E-state index in [9.17, 15) is 14.4 Å². The highest BCUT2D eigenvalue weighted by Gasteiger charge is 2.23. The van der Waals surface area contributed by atoms with E-state index in [0.717, 1.165) is 5.56 Å². The summed E-state index contributed by atoms with van der Waals surface area (Å²) in [6, 6.07) is 12.9. The van der Waals surface area contributed by atoms with E-state index in [4.69, 9.17) is 9.15 Å². The number of esters is 1. The molecule has 1 atom stereocenters. The van der Waals surface area contributed by atoms with Crippen LogP contribution in [0.15, 0.2) is 57.7 Å². The van der Waals surface area contributed by atoms with E-state index < -0.39 is 12.0 Å². The monoisotopic (exact) mass is 407 g/mol. The van der Waals surface area contributed by atoms with Gasteiger partial charge in [-0.15, -0.1) is 0 Å². The molecule has 0 aliphatic carbocycles. The van der Waals surface area contributed by atoms with Crippen molar-refractivity contribution in [2.45, 2.75) is 33.2 Å². The van der Waals surface area contributed by atoms with Gasteiger partial charge in [0.25, 0.3) is 5.91 Å². The molecule has 0 bridgehead atoms. The van der Waals surface area contributed by atoms with Crippen molar-refractivity contribution in [2.24, 2.45) is 5.92 Å². The minimum Gasteiger partial charge on any atom is -0.467 e. The van der Waals surface area contributed by atoms with Gasteiger partial charge in [0.15, 0.2) is 5.43 Å². The van der Waals surface area contributed by atoms with Crippen LogP contribution in [0.1, 0.15) is 36.2 Å². The van der Waals surface area contributed by atoms with Gasteiger partial charge < -0.3 is 14.5 Å². The van der Waals surface area contributed by atoms with Gasteiger partial charge in [-0.05, 0) is 43.5 Å². The molecule has 0 spiro atoms. The zero-order valence-corrected chi connectivity index (χ0v) is 17.5. The molecule has 3 rings (SSSR count). The highest BCUT2D eigenvalue weighted by molar-refractivity contribution is 5.97. The highest BCUT2D eigenvalue weighted by Crippen LogP contribution is 2.23. The second kappa shape index (κ2) is 8.95. The Bertz CT molecular complexity index is 1130. The Morgan fingerprint density at radius 3 is 2.40 bits per heavy atom. The van der Waals surface area contributed by atoms with E-state index in [1.165, 1.54) is 13.2 Å². The van der Waals surface area contributed by atoms with Crippen molar-refractivity contribution < 1.29 is 18.7 Å². The van der Waals surface area contributed by atoms with Crippen LogP contribution in [0, 0.1) is 12.8 Å². The molecule has 6 nitrogen and oxygen atoms in total. The number of aryl methyl sites for hydroxylation is 1. The molecule has 1 heterocycles. The zero-order valence-electron chi connectivity index (χ0n) is 17.5. The Hall–Kier alpha value is -3.41. The molecule has 1 unspecified atom stereocenters. The standard InChI is InChI=1S/C24H25NO5/c1-14(2)11-19(24(28)29-4)25-23(27)17-8-6-16(7-9-17)22-13-20(26)18-12-15(3)5-10-21(18)30-22/h5-10,12-14,19H,11H2,1-4H3,(H,25,27). The van der Waals surface area contributed by atoms with Crippen molar-refractivity contribution in [1.29, 1.82) is 0 Å². The van der Waals surface area contributed by atoms with E-state index in [1.807, 2.05) is 26.8 Å². The Morgan fingerprint density at radius 2 is 1.77 bits per heavy atom. The van der Waals surface area contributed by atoms with Crippen molar-refractivity contribution in [2.75, 3.05) is 7.11 Å². The molecule has 0 saturated heterocycles. The smallest absolute Gasteiger partial charge is 0.328 e. The van der Waals surface area contributed by atoms with Crippen LogP contribution in [0.4, 0.5) is 0 Å². The Labute approximate surface area is 174 Å². The summed E-state index contributed by atoms with van der Waals surface area (Å²) in [5, 5.41) is 3.26. The molecular formula is C24H25NO5. The van der Waals surface area contributed by atoms with Crippen LogP contribution in [0.2, 0.25) is 0 Å². The van der Waals surface area contributed by atoms with E-state index in [2.05, 4.69) is 5.32 Å². The SMILES string of the molecule is COC(=O)C(CC(C)C)NC(=O)c1ccc(-c2cc(=O)c3cc(C)ccc3o2)cc1. The molecule has 156 valence electrons. The number of nitrogens with one attached hydrogen (secondary N) is 1. The van der Waals surface area contributed by atoms with Crippen molar-refractivity contribution in [3.8, 4) is 11.3 Å². The number of methoxy groups -OCH3 is 1. The summed E-state index contributed by atoms with van der Waals surface area (Å²) in [7, 11) is 1.30. The highest BCUT2D eigenvalue weighted by atomic mass is 16.5. The molecule has 6 heteroatoms. The van der Waals surface area contributed by atoms with Crippen LogP contribution >= 0.6 is 0 Å². The van der Waals surface area contributed by atoms with Crippen molar-refractivity contribution in [3.63, 3.8) is 0 Å². The van der Waals surface area contributed by atoms with Gasteiger partial charge >= 0.3 is 5.97 Å². The summed E-state index contributed by atoms with van der Waals surface area (Å²) in [5.74, 6) is -0.193. The first-order valence-electron chi connectivity index (χ1n) is 9.82. The Morgan fingerprint density at radius 1 is 1.07 bits per heavy atom. The molecule has 1 amide bonds. The van der Waals surface area contributed by atoms with Crippen molar-refractivity contribution >= 4 is 22.8 Å². The molecule has 0 aliphatic heterocycles. The van der Waals surface area contributed by atoms with E-state index in [0.29, 0.717) is 34.3 Å². The summed E-state index contributed by atoms with van der Waals surface area (Å²) >= 11 is 0. The number of rotatable bonds is 6. The van der Waals surface area contributed by atoms with Gasteiger partial charge in [-0.2, -0.15) is 0 Å². The normalized spacial score (nSPS) is 12.0. The molecule has 1 N–H and O–H groups in total. The first kappa shape index (κ1) is 21.3. The number of benzene rings is 2. The number of hydrogen-bond acceptors (Lipinski definition) is 5. The minimum atomic E-state index is -0.704.